The number of benzene rings is 1. The lowest BCUT2D eigenvalue weighted by molar-refractivity contribution is -0.120. The number of carbonyl (C=O) groups excluding carboxylic acids is 2. The Labute approximate surface area is 127 Å². The maximum atomic E-state index is 12.0. The summed E-state index contributed by atoms with van der Waals surface area (Å²) in [6.45, 7) is 0.0349. The van der Waals surface area contributed by atoms with Crippen LogP contribution in [-0.2, 0) is 4.79 Å². The highest BCUT2D eigenvalue weighted by Crippen LogP contribution is 2.32. The number of nitrogens with zero attached hydrogens (tertiary/aromatic N) is 1. The highest BCUT2D eigenvalue weighted by Gasteiger charge is 2.16. The zero-order valence-electron chi connectivity index (χ0n) is 12.1. The molecule has 1 aliphatic carbocycles. The fraction of sp³-hybridized carbons (Fsp3) is 0.400. The molecule has 7 heteroatoms. The van der Waals surface area contributed by atoms with Crippen molar-refractivity contribution in [3.8, 4) is 11.5 Å². The average Bonchev–Trinajstić information content (AvgIpc) is 3.20. The second-order valence-electron chi connectivity index (χ2n) is 5.17. The van der Waals surface area contributed by atoms with Crippen LogP contribution in [0, 0.1) is 0 Å². The first kappa shape index (κ1) is 14.4. The Morgan fingerprint density at radius 2 is 1.91 bits per heavy atom. The van der Waals surface area contributed by atoms with Gasteiger partial charge in [-0.05, 0) is 43.9 Å². The van der Waals surface area contributed by atoms with Crippen LogP contribution in [-0.4, -0.2) is 30.9 Å². The topological polar surface area (TPSA) is 89.0 Å². The average molecular weight is 303 g/mol. The maximum absolute atomic E-state index is 12.0. The van der Waals surface area contributed by atoms with E-state index in [2.05, 4.69) is 15.8 Å². The largest absolute Gasteiger partial charge is 0.454 e. The molecule has 0 saturated heterocycles. The Morgan fingerprint density at radius 3 is 2.73 bits per heavy atom. The molecule has 0 aromatic heterocycles. The van der Waals surface area contributed by atoms with Gasteiger partial charge < -0.3 is 14.8 Å². The van der Waals surface area contributed by atoms with Crippen molar-refractivity contribution < 1.29 is 19.1 Å². The summed E-state index contributed by atoms with van der Waals surface area (Å²) in [5, 5.41) is 6.60. The van der Waals surface area contributed by atoms with Gasteiger partial charge in [0.2, 0.25) is 6.79 Å². The van der Waals surface area contributed by atoms with Crippen LogP contribution in [0.15, 0.2) is 23.3 Å². The Kier molecular flexibility index (Phi) is 4.22. The second-order valence-corrected chi connectivity index (χ2v) is 5.17. The van der Waals surface area contributed by atoms with E-state index in [-0.39, 0.29) is 25.2 Å². The normalized spacial score (nSPS) is 15.5. The Bertz CT molecular complexity index is 619. The lowest BCUT2D eigenvalue weighted by Gasteiger charge is -2.05. The van der Waals surface area contributed by atoms with Crippen LogP contribution in [0.25, 0.3) is 0 Å². The quantitative estimate of drug-likeness (QED) is 0.818. The van der Waals surface area contributed by atoms with E-state index in [4.69, 9.17) is 9.47 Å². The molecule has 116 valence electrons. The van der Waals surface area contributed by atoms with Gasteiger partial charge in [0.25, 0.3) is 11.8 Å². The van der Waals surface area contributed by atoms with Crippen molar-refractivity contribution in [2.45, 2.75) is 25.7 Å². The lowest BCUT2D eigenvalue weighted by Crippen LogP contribution is -2.35. The number of rotatable bonds is 4. The van der Waals surface area contributed by atoms with Crippen LogP contribution in [0.5, 0.6) is 11.5 Å². The molecule has 0 unspecified atom stereocenters. The van der Waals surface area contributed by atoms with E-state index in [1.54, 1.807) is 18.2 Å². The van der Waals surface area contributed by atoms with Crippen LogP contribution in [0.4, 0.5) is 0 Å². The molecule has 1 heterocycles. The number of nitrogens with one attached hydrogen (secondary N) is 2. The number of hydrogen-bond donors (Lipinski definition) is 2. The first-order chi connectivity index (χ1) is 10.7. The van der Waals surface area contributed by atoms with Gasteiger partial charge in [-0.15, -0.1) is 0 Å². The van der Waals surface area contributed by atoms with Gasteiger partial charge in [0.05, 0.1) is 6.54 Å². The van der Waals surface area contributed by atoms with E-state index in [0.717, 1.165) is 31.4 Å². The molecular weight excluding hydrogens is 286 g/mol. The summed E-state index contributed by atoms with van der Waals surface area (Å²) >= 11 is 0. The van der Waals surface area contributed by atoms with E-state index in [9.17, 15) is 9.59 Å². The maximum Gasteiger partial charge on any atom is 0.259 e. The monoisotopic (exact) mass is 303 g/mol. The first-order valence-electron chi connectivity index (χ1n) is 7.24. The molecule has 0 spiro atoms. The van der Waals surface area contributed by atoms with E-state index in [1.807, 2.05) is 0 Å². The zero-order chi connectivity index (χ0) is 15.4. The van der Waals surface area contributed by atoms with Crippen LogP contribution >= 0.6 is 0 Å². The van der Waals surface area contributed by atoms with Gasteiger partial charge in [-0.3, -0.25) is 9.59 Å². The summed E-state index contributed by atoms with van der Waals surface area (Å²) in [7, 11) is 0. The van der Waals surface area contributed by atoms with Gasteiger partial charge in [0.1, 0.15) is 0 Å². The Hall–Kier alpha value is -2.57. The molecule has 1 aromatic carbocycles. The van der Waals surface area contributed by atoms with Crippen LogP contribution in [0.2, 0.25) is 0 Å². The predicted octanol–water partition coefficient (Wildman–Crippen LogP) is 1.19. The standard InChI is InChI=1S/C15H17N3O4/c19-14(18-17-11-3-1-2-4-11)8-16-15(20)10-5-6-12-13(7-10)22-9-21-12/h5-7H,1-4,8-9H2,(H,16,20)(H,18,19). The first-order valence-corrected chi connectivity index (χ1v) is 7.24. The SMILES string of the molecule is O=C(CNC(=O)c1ccc2c(c1)OCO2)NN=C1CCCC1. The Balaban J connectivity index is 1.49. The molecule has 1 aromatic rings. The molecule has 1 fully saturated rings. The number of hydrogen-bond acceptors (Lipinski definition) is 5. The van der Waals surface area contributed by atoms with Crippen molar-refractivity contribution >= 4 is 17.5 Å². The summed E-state index contributed by atoms with van der Waals surface area (Å²) in [5.41, 5.74) is 3.89. The van der Waals surface area contributed by atoms with E-state index < -0.39 is 0 Å². The van der Waals surface area contributed by atoms with Crippen molar-refractivity contribution in [3.63, 3.8) is 0 Å². The molecule has 2 N–H and O–H groups in total. The molecule has 7 nitrogen and oxygen atoms in total. The number of ether oxygens (including phenoxy) is 2. The van der Waals surface area contributed by atoms with Crippen molar-refractivity contribution in [2.75, 3.05) is 13.3 Å². The van der Waals surface area contributed by atoms with Gasteiger partial charge in [0.15, 0.2) is 11.5 Å². The predicted molar refractivity (Wildman–Crippen MR) is 78.9 cm³/mol. The lowest BCUT2D eigenvalue weighted by atomic mass is 10.2. The third-order valence-corrected chi connectivity index (χ3v) is 3.56. The van der Waals surface area contributed by atoms with Gasteiger partial charge in [0, 0.05) is 11.3 Å². The van der Waals surface area contributed by atoms with Gasteiger partial charge >= 0.3 is 0 Å². The molecular formula is C15H17N3O4. The third kappa shape index (κ3) is 3.36. The highest BCUT2D eigenvalue weighted by molar-refractivity contribution is 5.97. The molecule has 0 radical (unpaired) electrons. The third-order valence-electron chi connectivity index (χ3n) is 3.56. The van der Waals surface area contributed by atoms with Crippen molar-refractivity contribution in [1.82, 2.24) is 10.7 Å². The van der Waals surface area contributed by atoms with E-state index in [1.165, 1.54) is 0 Å². The highest BCUT2D eigenvalue weighted by atomic mass is 16.7. The minimum Gasteiger partial charge on any atom is -0.454 e. The van der Waals surface area contributed by atoms with Crippen LogP contribution in [0.1, 0.15) is 36.0 Å². The second kappa shape index (κ2) is 6.46. The smallest absolute Gasteiger partial charge is 0.259 e. The molecule has 2 amide bonds. The number of amides is 2. The number of hydrazone groups is 1. The zero-order valence-corrected chi connectivity index (χ0v) is 12.1. The van der Waals surface area contributed by atoms with Crippen molar-refractivity contribution in [1.29, 1.82) is 0 Å². The molecule has 1 aliphatic heterocycles. The fourth-order valence-electron chi connectivity index (χ4n) is 2.38. The summed E-state index contributed by atoms with van der Waals surface area (Å²) in [6, 6.07) is 4.89. The van der Waals surface area contributed by atoms with Crippen LogP contribution in [0.3, 0.4) is 0 Å². The van der Waals surface area contributed by atoms with Gasteiger partial charge in [-0.25, -0.2) is 5.43 Å². The number of carbonyl (C=O) groups is 2. The fourth-order valence-corrected chi connectivity index (χ4v) is 2.38. The molecule has 22 heavy (non-hydrogen) atoms. The van der Waals surface area contributed by atoms with Crippen molar-refractivity contribution in [2.24, 2.45) is 5.10 Å². The number of fused-ring (bicyclic) bond motifs is 1. The van der Waals surface area contributed by atoms with Crippen LogP contribution < -0.4 is 20.2 Å². The summed E-state index contributed by atoms with van der Waals surface area (Å²) in [5.74, 6) is 0.460. The van der Waals surface area contributed by atoms with E-state index in [0.29, 0.717) is 17.1 Å². The van der Waals surface area contributed by atoms with Gasteiger partial charge in [-0.2, -0.15) is 5.10 Å². The summed E-state index contributed by atoms with van der Waals surface area (Å²) < 4.78 is 10.4. The molecule has 3 rings (SSSR count). The molecule has 0 bridgehead atoms. The van der Waals surface area contributed by atoms with E-state index >= 15 is 0 Å². The minimum absolute atomic E-state index is 0.121. The summed E-state index contributed by atoms with van der Waals surface area (Å²) in [6.07, 6.45) is 4.11. The van der Waals surface area contributed by atoms with Crippen molar-refractivity contribution in [3.05, 3.63) is 23.8 Å². The molecule has 2 aliphatic rings. The van der Waals surface area contributed by atoms with Gasteiger partial charge in [-0.1, -0.05) is 0 Å². The Morgan fingerprint density at radius 1 is 1.14 bits per heavy atom. The molecule has 0 atom stereocenters. The summed E-state index contributed by atoms with van der Waals surface area (Å²) in [4.78, 5) is 23.6. The molecule has 1 saturated carbocycles. The minimum atomic E-state index is -0.345.